The molecule has 0 aromatic rings. The summed E-state index contributed by atoms with van der Waals surface area (Å²) in [5, 5.41) is 4.27. The number of amides is 3. The van der Waals surface area contributed by atoms with Gasteiger partial charge in [0.1, 0.15) is 17.5 Å². The summed E-state index contributed by atoms with van der Waals surface area (Å²) in [6.45, 7) is 1.62. The summed E-state index contributed by atoms with van der Waals surface area (Å²) in [7, 11) is -1.96. The van der Waals surface area contributed by atoms with Gasteiger partial charge in [-0.2, -0.15) is 0 Å². The zero-order valence-electron chi connectivity index (χ0n) is 13.1. The van der Waals surface area contributed by atoms with Crippen LogP contribution in [0.5, 0.6) is 0 Å². The standard InChI is InChI=1S/C13H22N4O5S/c1-7(15-2)12(19)16-8-5-6-23(21,22)10-4-3-9(11(14)18)17(10)13(8)20/h7-10,15H,3-6H2,1-2H3,(H2,14,18)(H,16,19)/t7-,8-,9-,10-/m0/s1. The Labute approximate surface area is 134 Å². The summed E-state index contributed by atoms with van der Waals surface area (Å²) in [4.78, 5) is 37.3. The van der Waals surface area contributed by atoms with Gasteiger partial charge in [-0.1, -0.05) is 0 Å². The summed E-state index contributed by atoms with van der Waals surface area (Å²) in [5.74, 6) is -1.92. The molecule has 130 valence electrons. The molecule has 0 saturated carbocycles. The first-order valence-corrected chi connectivity index (χ1v) is 9.21. The molecule has 2 fully saturated rings. The number of carbonyl (C=O) groups is 3. The van der Waals surface area contributed by atoms with Gasteiger partial charge in [0, 0.05) is 0 Å². The van der Waals surface area contributed by atoms with Crippen LogP contribution >= 0.6 is 0 Å². The van der Waals surface area contributed by atoms with Crippen LogP contribution < -0.4 is 16.4 Å². The van der Waals surface area contributed by atoms with Crippen molar-refractivity contribution in [1.82, 2.24) is 15.5 Å². The van der Waals surface area contributed by atoms with E-state index in [9.17, 15) is 22.8 Å². The monoisotopic (exact) mass is 346 g/mol. The molecular weight excluding hydrogens is 324 g/mol. The van der Waals surface area contributed by atoms with Crippen molar-refractivity contribution in [2.75, 3.05) is 12.8 Å². The Kier molecular flexibility index (Phi) is 4.95. The molecule has 0 unspecified atom stereocenters. The number of hydrogen-bond acceptors (Lipinski definition) is 6. The van der Waals surface area contributed by atoms with Crippen LogP contribution in [0.2, 0.25) is 0 Å². The Bertz CT molecular complexity index is 620. The molecule has 0 spiro atoms. The van der Waals surface area contributed by atoms with Crippen LogP contribution in [-0.4, -0.2) is 67.3 Å². The van der Waals surface area contributed by atoms with Gasteiger partial charge in [-0.3, -0.25) is 14.4 Å². The van der Waals surface area contributed by atoms with Gasteiger partial charge in [-0.25, -0.2) is 8.42 Å². The predicted molar refractivity (Wildman–Crippen MR) is 81.7 cm³/mol. The summed E-state index contributed by atoms with van der Waals surface area (Å²) >= 11 is 0. The van der Waals surface area contributed by atoms with Crippen LogP contribution in [0.25, 0.3) is 0 Å². The lowest BCUT2D eigenvalue weighted by Crippen LogP contribution is -2.56. The van der Waals surface area contributed by atoms with Crippen molar-refractivity contribution >= 4 is 27.6 Å². The highest BCUT2D eigenvalue weighted by Gasteiger charge is 2.50. The van der Waals surface area contributed by atoms with Gasteiger partial charge in [-0.15, -0.1) is 0 Å². The Hall–Kier alpha value is -1.68. The second-order valence-electron chi connectivity index (χ2n) is 5.92. The van der Waals surface area contributed by atoms with E-state index in [0.717, 1.165) is 4.90 Å². The van der Waals surface area contributed by atoms with Crippen LogP contribution in [-0.2, 0) is 24.2 Å². The fourth-order valence-electron chi connectivity index (χ4n) is 2.99. The summed E-state index contributed by atoms with van der Waals surface area (Å²) < 4.78 is 24.7. The molecule has 4 N–H and O–H groups in total. The number of nitrogens with one attached hydrogen (secondary N) is 2. The van der Waals surface area contributed by atoms with Gasteiger partial charge in [-0.05, 0) is 33.2 Å². The van der Waals surface area contributed by atoms with Crippen LogP contribution in [0.3, 0.4) is 0 Å². The minimum atomic E-state index is -3.56. The number of carbonyl (C=O) groups excluding carboxylic acids is 3. The third kappa shape index (κ3) is 3.32. The van der Waals surface area contributed by atoms with Crippen LogP contribution in [0.1, 0.15) is 26.2 Å². The normalized spacial score (nSPS) is 31.1. The molecule has 0 aromatic carbocycles. The third-order valence-corrected chi connectivity index (χ3v) is 6.56. The maximum Gasteiger partial charge on any atom is 0.246 e. The van der Waals surface area contributed by atoms with E-state index in [2.05, 4.69) is 10.6 Å². The first-order valence-electron chi connectivity index (χ1n) is 7.49. The number of primary amides is 1. The van der Waals surface area contributed by atoms with Crippen LogP contribution in [0.15, 0.2) is 0 Å². The van der Waals surface area contributed by atoms with Gasteiger partial charge in [0.25, 0.3) is 0 Å². The lowest BCUT2D eigenvalue weighted by molar-refractivity contribution is -0.141. The van der Waals surface area contributed by atoms with Crippen molar-refractivity contribution in [2.45, 2.75) is 49.7 Å². The molecule has 2 aliphatic heterocycles. The number of hydrogen-bond donors (Lipinski definition) is 3. The largest absolute Gasteiger partial charge is 0.368 e. The fourth-order valence-corrected chi connectivity index (χ4v) is 4.92. The molecule has 2 saturated heterocycles. The number of fused-ring (bicyclic) bond motifs is 1. The second kappa shape index (κ2) is 6.44. The van der Waals surface area contributed by atoms with Gasteiger partial charge in [0.05, 0.1) is 11.8 Å². The van der Waals surface area contributed by atoms with Crippen molar-refractivity contribution in [1.29, 1.82) is 0 Å². The first kappa shape index (κ1) is 17.7. The summed E-state index contributed by atoms with van der Waals surface area (Å²) in [6, 6.07) is -2.44. The van der Waals surface area contributed by atoms with E-state index >= 15 is 0 Å². The van der Waals surface area contributed by atoms with Crippen molar-refractivity contribution in [3.05, 3.63) is 0 Å². The third-order valence-electron chi connectivity index (χ3n) is 4.46. The van der Waals surface area contributed by atoms with Crippen molar-refractivity contribution in [3.8, 4) is 0 Å². The van der Waals surface area contributed by atoms with Gasteiger partial charge in [0.15, 0.2) is 9.84 Å². The highest BCUT2D eigenvalue weighted by atomic mass is 32.2. The molecule has 0 bridgehead atoms. The van der Waals surface area contributed by atoms with E-state index in [0.29, 0.717) is 0 Å². The Morgan fingerprint density at radius 3 is 2.52 bits per heavy atom. The van der Waals surface area contributed by atoms with Crippen LogP contribution in [0, 0.1) is 0 Å². The highest BCUT2D eigenvalue weighted by molar-refractivity contribution is 7.92. The first-order chi connectivity index (χ1) is 10.7. The number of rotatable bonds is 4. The lowest BCUT2D eigenvalue weighted by Gasteiger charge is -2.29. The Balaban J connectivity index is 2.29. The Morgan fingerprint density at radius 1 is 1.30 bits per heavy atom. The molecule has 2 rings (SSSR count). The van der Waals surface area contributed by atoms with Crippen molar-refractivity contribution in [2.24, 2.45) is 5.73 Å². The van der Waals surface area contributed by atoms with Gasteiger partial charge in [0.2, 0.25) is 17.7 Å². The summed E-state index contributed by atoms with van der Waals surface area (Å²) in [5.41, 5.74) is 5.30. The molecule has 0 aliphatic carbocycles. The molecule has 4 atom stereocenters. The average Bonchev–Trinajstić information content (AvgIpc) is 2.92. The zero-order chi connectivity index (χ0) is 17.4. The predicted octanol–water partition coefficient (Wildman–Crippen LogP) is -2.30. The van der Waals surface area contributed by atoms with Crippen molar-refractivity contribution in [3.63, 3.8) is 0 Å². The number of nitrogens with zero attached hydrogens (tertiary/aromatic N) is 1. The molecule has 3 amide bonds. The van der Waals surface area contributed by atoms with E-state index < -0.39 is 51.1 Å². The highest BCUT2D eigenvalue weighted by Crippen LogP contribution is 2.32. The summed E-state index contributed by atoms with van der Waals surface area (Å²) in [6.07, 6.45) is 0.398. The van der Waals surface area contributed by atoms with E-state index in [1.54, 1.807) is 14.0 Å². The second-order valence-corrected chi connectivity index (χ2v) is 8.20. The van der Waals surface area contributed by atoms with Gasteiger partial charge >= 0.3 is 0 Å². The van der Waals surface area contributed by atoms with E-state index in [-0.39, 0.29) is 25.0 Å². The van der Waals surface area contributed by atoms with Crippen molar-refractivity contribution < 1.29 is 22.8 Å². The number of likely N-dealkylation sites (N-methyl/N-ethyl adjacent to an activating group) is 1. The number of nitrogens with two attached hydrogens (primary N) is 1. The molecule has 23 heavy (non-hydrogen) atoms. The molecule has 10 heteroatoms. The van der Waals surface area contributed by atoms with E-state index in [4.69, 9.17) is 5.73 Å². The topological polar surface area (TPSA) is 139 Å². The van der Waals surface area contributed by atoms with E-state index in [1.165, 1.54) is 0 Å². The molecular formula is C13H22N4O5S. The molecule has 9 nitrogen and oxygen atoms in total. The lowest BCUT2D eigenvalue weighted by atomic mass is 10.1. The SMILES string of the molecule is CN[C@@H](C)C(=O)N[C@H]1CCS(=O)(=O)[C@H]2CC[C@@H](C(N)=O)N2C1=O. The minimum absolute atomic E-state index is 0.0121. The zero-order valence-corrected chi connectivity index (χ0v) is 13.9. The van der Waals surface area contributed by atoms with E-state index in [1.807, 2.05) is 0 Å². The number of sulfone groups is 1. The van der Waals surface area contributed by atoms with Crippen LogP contribution in [0.4, 0.5) is 0 Å². The smallest absolute Gasteiger partial charge is 0.246 e. The maximum atomic E-state index is 12.7. The maximum absolute atomic E-state index is 12.7. The molecule has 2 heterocycles. The molecule has 2 aliphatic rings. The molecule has 0 aromatic heterocycles. The minimum Gasteiger partial charge on any atom is -0.368 e. The average molecular weight is 346 g/mol. The quantitative estimate of drug-likeness (QED) is 0.523. The fraction of sp³-hybridized carbons (Fsp3) is 0.769. The molecule has 0 radical (unpaired) electrons. The Morgan fingerprint density at radius 2 is 1.96 bits per heavy atom. The van der Waals surface area contributed by atoms with Gasteiger partial charge < -0.3 is 21.3 Å².